The maximum absolute atomic E-state index is 12.0. The van der Waals surface area contributed by atoms with Crippen molar-refractivity contribution in [3.05, 3.63) is 35.4 Å². The molecule has 1 aromatic rings. The van der Waals surface area contributed by atoms with Gasteiger partial charge in [-0.25, -0.2) is 0 Å². The highest BCUT2D eigenvalue weighted by Crippen LogP contribution is 2.10. The maximum Gasteiger partial charge on any atom is 0.251 e. The maximum atomic E-state index is 12.0. The number of carbonyl (C=O) groups excluding carboxylic acids is 2. The zero-order valence-electron chi connectivity index (χ0n) is 10.8. The third kappa shape index (κ3) is 2.88. The predicted molar refractivity (Wildman–Crippen MR) is 69.3 cm³/mol. The van der Waals surface area contributed by atoms with Crippen molar-refractivity contribution in [1.29, 1.82) is 0 Å². The van der Waals surface area contributed by atoms with Crippen molar-refractivity contribution >= 4 is 11.8 Å². The van der Waals surface area contributed by atoms with Gasteiger partial charge in [0.1, 0.15) is 0 Å². The number of amides is 2. The molecule has 1 unspecified atom stereocenters. The first-order valence-electron chi connectivity index (χ1n) is 6.19. The van der Waals surface area contributed by atoms with Gasteiger partial charge in [0.2, 0.25) is 5.91 Å². The molecule has 0 bridgehead atoms. The zero-order chi connectivity index (χ0) is 13.1. The Morgan fingerprint density at radius 2 is 1.94 bits per heavy atom. The second-order valence-corrected chi connectivity index (χ2v) is 4.79. The van der Waals surface area contributed by atoms with Gasteiger partial charge in [0.05, 0.1) is 0 Å². The fourth-order valence-electron chi connectivity index (χ4n) is 2.14. The average molecular weight is 246 g/mol. The number of hydrogen-bond donors (Lipinski definition) is 1. The predicted octanol–water partition coefficient (Wildman–Crippen LogP) is 1.35. The fourth-order valence-corrected chi connectivity index (χ4v) is 2.14. The summed E-state index contributed by atoms with van der Waals surface area (Å²) >= 11 is 0. The van der Waals surface area contributed by atoms with Crippen LogP contribution in [0.2, 0.25) is 0 Å². The van der Waals surface area contributed by atoms with Gasteiger partial charge in [0, 0.05) is 31.6 Å². The first-order valence-corrected chi connectivity index (χ1v) is 6.19. The lowest BCUT2D eigenvalue weighted by atomic mass is 10.1. The number of carbonyl (C=O) groups is 2. The molecule has 1 aromatic carbocycles. The minimum absolute atomic E-state index is 0.0644. The Balaban J connectivity index is 1.92. The Labute approximate surface area is 107 Å². The molecule has 18 heavy (non-hydrogen) atoms. The van der Waals surface area contributed by atoms with Gasteiger partial charge in [-0.3, -0.25) is 9.59 Å². The minimum Gasteiger partial charge on any atom is -0.347 e. The summed E-state index contributed by atoms with van der Waals surface area (Å²) in [6.45, 7) is 4.90. The molecule has 0 aliphatic carbocycles. The smallest absolute Gasteiger partial charge is 0.251 e. The number of likely N-dealkylation sites (tertiary alicyclic amines) is 1. The van der Waals surface area contributed by atoms with Gasteiger partial charge in [-0.1, -0.05) is 17.7 Å². The lowest BCUT2D eigenvalue weighted by Crippen LogP contribution is -2.37. The van der Waals surface area contributed by atoms with E-state index in [9.17, 15) is 9.59 Å². The van der Waals surface area contributed by atoms with E-state index in [4.69, 9.17) is 0 Å². The van der Waals surface area contributed by atoms with Gasteiger partial charge in [0.15, 0.2) is 0 Å². The van der Waals surface area contributed by atoms with Gasteiger partial charge in [-0.2, -0.15) is 0 Å². The van der Waals surface area contributed by atoms with Crippen molar-refractivity contribution in [1.82, 2.24) is 10.2 Å². The van der Waals surface area contributed by atoms with E-state index in [-0.39, 0.29) is 17.9 Å². The number of rotatable bonds is 2. The van der Waals surface area contributed by atoms with Crippen molar-refractivity contribution in [2.24, 2.45) is 0 Å². The van der Waals surface area contributed by atoms with Gasteiger partial charge < -0.3 is 10.2 Å². The van der Waals surface area contributed by atoms with Crippen LogP contribution in [0, 0.1) is 6.92 Å². The van der Waals surface area contributed by atoms with Crippen LogP contribution >= 0.6 is 0 Å². The second kappa shape index (κ2) is 5.21. The van der Waals surface area contributed by atoms with Gasteiger partial charge >= 0.3 is 0 Å². The van der Waals surface area contributed by atoms with Crippen LogP contribution in [-0.4, -0.2) is 35.8 Å². The van der Waals surface area contributed by atoms with E-state index in [2.05, 4.69) is 5.32 Å². The highest BCUT2D eigenvalue weighted by molar-refractivity contribution is 5.94. The second-order valence-electron chi connectivity index (χ2n) is 4.79. The summed E-state index contributed by atoms with van der Waals surface area (Å²) in [5.74, 6) is 0.00693. The van der Waals surface area contributed by atoms with Crippen molar-refractivity contribution in [3.63, 3.8) is 0 Å². The Kier molecular flexibility index (Phi) is 3.65. The lowest BCUT2D eigenvalue weighted by Gasteiger charge is -2.15. The van der Waals surface area contributed by atoms with Crippen LogP contribution in [0.15, 0.2) is 24.3 Å². The molecule has 1 aliphatic heterocycles. The molecule has 0 radical (unpaired) electrons. The standard InChI is InChI=1S/C14H18N2O2/c1-10-3-5-12(6-4-10)14(18)15-13-7-8-16(9-13)11(2)17/h3-6,13H,7-9H2,1-2H3,(H,15,18). The number of aryl methyl sites for hydroxylation is 1. The molecule has 1 atom stereocenters. The largest absolute Gasteiger partial charge is 0.347 e. The van der Waals surface area contributed by atoms with Crippen LogP contribution < -0.4 is 5.32 Å². The molecule has 1 aliphatic rings. The van der Waals surface area contributed by atoms with Crippen LogP contribution in [-0.2, 0) is 4.79 Å². The molecule has 0 saturated carbocycles. The first-order chi connectivity index (χ1) is 8.56. The van der Waals surface area contributed by atoms with E-state index in [0.717, 1.165) is 18.5 Å². The van der Waals surface area contributed by atoms with Crippen LogP contribution in [0.3, 0.4) is 0 Å². The van der Waals surface area contributed by atoms with Crippen LogP contribution in [0.5, 0.6) is 0 Å². The highest BCUT2D eigenvalue weighted by Gasteiger charge is 2.25. The lowest BCUT2D eigenvalue weighted by molar-refractivity contribution is -0.127. The van der Waals surface area contributed by atoms with Crippen molar-refractivity contribution in [3.8, 4) is 0 Å². The van der Waals surface area contributed by atoms with Crippen molar-refractivity contribution < 1.29 is 9.59 Å². The van der Waals surface area contributed by atoms with Crippen LogP contribution in [0.25, 0.3) is 0 Å². The number of benzene rings is 1. The fraction of sp³-hybridized carbons (Fsp3) is 0.429. The highest BCUT2D eigenvalue weighted by atomic mass is 16.2. The van der Waals surface area contributed by atoms with Gasteiger partial charge in [0.25, 0.3) is 5.91 Å². The minimum atomic E-state index is -0.0644. The first kappa shape index (κ1) is 12.6. The van der Waals surface area contributed by atoms with Gasteiger partial charge in [-0.05, 0) is 25.5 Å². The van der Waals surface area contributed by atoms with Crippen LogP contribution in [0.1, 0.15) is 29.3 Å². The summed E-state index contributed by atoms with van der Waals surface area (Å²) in [7, 11) is 0. The van der Waals surface area contributed by atoms with Crippen molar-refractivity contribution in [2.45, 2.75) is 26.3 Å². The van der Waals surface area contributed by atoms with E-state index in [1.165, 1.54) is 0 Å². The molecule has 2 rings (SSSR count). The molecule has 96 valence electrons. The summed E-state index contributed by atoms with van der Waals surface area (Å²) in [6, 6.07) is 7.56. The van der Waals surface area contributed by atoms with E-state index >= 15 is 0 Å². The topological polar surface area (TPSA) is 49.4 Å². The SMILES string of the molecule is CC(=O)N1CCC(NC(=O)c2ccc(C)cc2)C1. The molecule has 4 heteroatoms. The molecular weight excluding hydrogens is 228 g/mol. The molecular formula is C14H18N2O2. The third-order valence-electron chi connectivity index (χ3n) is 3.28. The molecule has 2 amide bonds. The Morgan fingerprint density at radius 1 is 1.28 bits per heavy atom. The summed E-state index contributed by atoms with van der Waals surface area (Å²) in [6.07, 6.45) is 0.831. The Morgan fingerprint density at radius 3 is 2.50 bits per heavy atom. The molecule has 1 N–H and O–H groups in total. The Hall–Kier alpha value is -1.84. The Bertz CT molecular complexity index is 453. The third-order valence-corrected chi connectivity index (χ3v) is 3.28. The van der Waals surface area contributed by atoms with E-state index in [1.807, 2.05) is 31.2 Å². The van der Waals surface area contributed by atoms with Crippen molar-refractivity contribution in [2.75, 3.05) is 13.1 Å². The van der Waals surface area contributed by atoms with E-state index in [1.54, 1.807) is 11.8 Å². The summed E-state index contributed by atoms with van der Waals surface area (Å²) in [5, 5.41) is 2.97. The van der Waals surface area contributed by atoms with E-state index < -0.39 is 0 Å². The monoisotopic (exact) mass is 246 g/mol. The number of hydrogen-bond acceptors (Lipinski definition) is 2. The number of nitrogens with zero attached hydrogens (tertiary/aromatic N) is 1. The summed E-state index contributed by atoms with van der Waals surface area (Å²) in [4.78, 5) is 24.9. The molecule has 4 nitrogen and oxygen atoms in total. The molecule has 1 fully saturated rings. The summed E-state index contributed by atoms with van der Waals surface area (Å²) in [5.41, 5.74) is 1.80. The normalized spacial score (nSPS) is 18.8. The van der Waals surface area contributed by atoms with Gasteiger partial charge in [-0.15, -0.1) is 0 Å². The summed E-state index contributed by atoms with van der Waals surface area (Å²) < 4.78 is 0. The zero-order valence-corrected chi connectivity index (χ0v) is 10.8. The molecule has 0 aromatic heterocycles. The van der Waals surface area contributed by atoms with E-state index in [0.29, 0.717) is 12.1 Å². The van der Waals surface area contributed by atoms with Crippen LogP contribution in [0.4, 0.5) is 0 Å². The molecule has 0 spiro atoms. The average Bonchev–Trinajstić information content (AvgIpc) is 2.78. The number of nitrogens with one attached hydrogen (secondary N) is 1. The molecule has 1 saturated heterocycles. The molecule has 1 heterocycles. The quantitative estimate of drug-likeness (QED) is 0.856.